The van der Waals surface area contributed by atoms with E-state index in [1.807, 2.05) is 18.2 Å². The van der Waals surface area contributed by atoms with Gasteiger partial charge in [0, 0.05) is 16.0 Å². The molecule has 0 amide bonds. The molecule has 1 atom stereocenters. The maximum absolute atomic E-state index is 7.95. The van der Waals surface area contributed by atoms with E-state index in [-0.39, 0.29) is 0 Å². The normalized spacial score (nSPS) is 14.1. The second kappa shape index (κ2) is 6.16. The second-order valence-corrected chi connectivity index (χ2v) is 5.65. The third kappa shape index (κ3) is 3.13. The van der Waals surface area contributed by atoms with Crippen molar-refractivity contribution in [3.63, 3.8) is 0 Å². The molecule has 0 aliphatic rings. The van der Waals surface area contributed by atoms with Crippen molar-refractivity contribution in [2.75, 3.05) is 0 Å². The first-order valence-corrected chi connectivity index (χ1v) is 6.78. The lowest BCUT2D eigenvalue weighted by molar-refractivity contribution is 0.887. The zero-order chi connectivity index (χ0) is 14.0. The van der Waals surface area contributed by atoms with E-state index in [2.05, 4.69) is 0 Å². The molecule has 4 heteroatoms. The fourth-order valence-electron chi connectivity index (χ4n) is 1.79. The molecule has 0 radical (unpaired) electrons. The minimum Gasteiger partial charge on any atom is -0.104 e. The molecule has 18 heavy (non-hydrogen) atoms. The van der Waals surface area contributed by atoms with Crippen molar-refractivity contribution < 1.29 is 1.37 Å². The van der Waals surface area contributed by atoms with Gasteiger partial charge in [0.15, 0.2) is 0 Å². The van der Waals surface area contributed by atoms with Crippen molar-refractivity contribution >= 4 is 46.4 Å². The van der Waals surface area contributed by atoms with Crippen LogP contribution in [-0.2, 0) is 0 Å². The molecule has 2 rings (SSSR count). The summed E-state index contributed by atoms with van der Waals surface area (Å²) in [6.07, 6.45) is 0. The van der Waals surface area contributed by atoms with E-state index in [0.29, 0.717) is 15.6 Å². The van der Waals surface area contributed by atoms with Crippen LogP contribution < -0.4 is 0 Å². The Kier molecular flexibility index (Phi) is 4.32. The lowest BCUT2D eigenvalue weighted by Crippen LogP contribution is -2.09. The van der Waals surface area contributed by atoms with Crippen LogP contribution in [-0.4, -0.2) is 4.81 Å². The maximum atomic E-state index is 7.95. The molecule has 0 saturated heterocycles. The van der Waals surface area contributed by atoms with Gasteiger partial charge in [-0.05, 0) is 29.3 Å². The third-order valence-electron chi connectivity index (χ3n) is 2.64. The molecule has 0 spiro atoms. The Bertz CT molecular complexity index is 560. The summed E-state index contributed by atoms with van der Waals surface area (Å²) < 4.78 is 7.95. The smallest absolute Gasteiger partial charge is 0.104 e. The summed E-state index contributed by atoms with van der Waals surface area (Å²) in [7, 11) is 0. The van der Waals surface area contributed by atoms with Gasteiger partial charge in [0.2, 0.25) is 0 Å². The van der Waals surface area contributed by atoms with Crippen molar-refractivity contribution in [3.05, 3.63) is 69.7 Å². The van der Waals surface area contributed by atoms with E-state index in [0.717, 1.165) is 5.56 Å². The van der Waals surface area contributed by atoms with Gasteiger partial charge >= 0.3 is 0 Å². The minimum absolute atomic E-state index is 0.528. The summed E-state index contributed by atoms with van der Waals surface area (Å²) in [5.74, 6) is -0.554. The Balaban J connectivity index is 2.55. The van der Waals surface area contributed by atoms with Gasteiger partial charge in [-0.25, -0.2) is 0 Å². The highest BCUT2D eigenvalue weighted by Gasteiger charge is 2.23. The van der Waals surface area contributed by atoms with Gasteiger partial charge in [0.1, 0.15) is 4.81 Å². The zero-order valence-corrected chi connectivity index (χ0v) is 12.2. The van der Waals surface area contributed by atoms with E-state index < -0.39 is 10.7 Å². The van der Waals surface area contributed by atoms with Crippen LogP contribution in [0, 0.1) is 0 Å². The molecule has 0 saturated carbocycles. The van der Waals surface area contributed by atoms with Gasteiger partial charge in [-0.2, -0.15) is 0 Å². The number of hydrogen-bond donors (Lipinski definition) is 0. The monoisotopic (exact) mass is 319 g/mol. The van der Waals surface area contributed by atoms with Gasteiger partial charge in [0.25, 0.3) is 0 Å². The van der Waals surface area contributed by atoms with Crippen molar-refractivity contribution in [3.8, 4) is 0 Å². The number of hydrogen-bond acceptors (Lipinski definition) is 0. The fraction of sp³-hybridized carbons (Fsp3) is 0.143. The molecule has 0 aliphatic carbocycles. The minimum atomic E-state index is -1.72. The first-order valence-electron chi connectivity index (χ1n) is 5.77. The SMILES string of the molecule is [2H]C(Cl)(Cl)C(c1ccc(Cl)cc1)c1ccccc1Cl. The van der Waals surface area contributed by atoms with Gasteiger partial charge in [0.05, 0.1) is 1.37 Å². The van der Waals surface area contributed by atoms with E-state index >= 15 is 0 Å². The molecule has 0 aliphatic heterocycles. The molecular formula is C14H10Cl4. The van der Waals surface area contributed by atoms with Crippen LogP contribution in [0.5, 0.6) is 0 Å². The number of alkyl halides is 2. The van der Waals surface area contributed by atoms with Crippen LogP contribution in [0.15, 0.2) is 48.5 Å². The lowest BCUT2D eigenvalue weighted by Gasteiger charge is -2.20. The van der Waals surface area contributed by atoms with E-state index in [1.165, 1.54) is 0 Å². The quantitative estimate of drug-likeness (QED) is 0.615. The van der Waals surface area contributed by atoms with Crippen LogP contribution in [0.1, 0.15) is 18.4 Å². The Morgan fingerprint density at radius 1 is 0.889 bits per heavy atom. The summed E-state index contributed by atoms with van der Waals surface area (Å²) in [6, 6.07) is 14.3. The van der Waals surface area contributed by atoms with Crippen LogP contribution in [0.25, 0.3) is 0 Å². The Labute approximate surface area is 128 Å². The highest BCUT2D eigenvalue weighted by molar-refractivity contribution is 6.45. The molecule has 2 aromatic rings. The van der Waals surface area contributed by atoms with Gasteiger partial charge < -0.3 is 0 Å². The molecular weight excluding hydrogens is 310 g/mol. The first-order chi connectivity index (χ1) is 8.89. The highest BCUT2D eigenvalue weighted by atomic mass is 35.5. The lowest BCUT2D eigenvalue weighted by atomic mass is 9.93. The predicted molar refractivity (Wildman–Crippen MR) is 80.2 cm³/mol. The molecule has 1 unspecified atom stereocenters. The summed E-state index contributed by atoms with van der Waals surface area (Å²) >= 11 is 24.1. The Hall–Kier alpha value is -0.400. The molecule has 2 aromatic carbocycles. The number of halogens is 4. The molecule has 0 heterocycles. The van der Waals surface area contributed by atoms with Crippen molar-refractivity contribution in [2.24, 2.45) is 0 Å². The Morgan fingerprint density at radius 3 is 2.06 bits per heavy atom. The maximum Gasteiger partial charge on any atom is 0.118 e. The topological polar surface area (TPSA) is 0 Å². The second-order valence-electron chi connectivity index (χ2n) is 3.80. The zero-order valence-electron chi connectivity index (χ0n) is 10.2. The van der Waals surface area contributed by atoms with Gasteiger partial charge in [-0.3, -0.25) is 0 Å². The fourth-order valence-corrected chi connectivity index (χ4v) is 2.65. The highest BCUT2D eigenvalue weighted by Crippen LogP contribution is 2.37. The standard InChI is InChI=1S/C14H10Cl4/c15-10-7-5-9(6-8-10)13(14(17)18)11-3-1-2-4-12(11)16/h1-8,13-14H/i14D. The van der Waals surface area contributed by atoms with Crippen molar-refractivity contribution in [1.82, 2.24) is 0 Å². The Morgan fingerprint density at radius 2 is 1.50 bits per heavy atom. The van der Waals surface area contributed by atoms with E-state index in [9.17, 15) is 0 Å². The van der Waals surface area contributed by atoms with Crippen molar-refractivity contribution in [2.45, 2.75) is 10.7 Å². The van der Waals surface area contributed by atoms with Crippen LogP contribution in [0.3, 0.4) is 0 Å². The first kappa shape index (κ1) is 12.6. The summed E-state index contributed by atoms with van der Waals surface area (Å²) in [6.45, 7) is 0. The molecule has 0 nitrogen and oxygen atoms in total. The van der Waals surface area contributed by atoms with Gasteiger partial charge in [-0.15, -0.1) is 23.2 Å². The van der Waals surface area contributed by atoms with Crippen LogP contribution in [0.2, 0.25) is 10.0 Å². The molecule has 0 aromatic heterocycles. The average Bonchev–Trinajstić information content (AvgIpc) is 2.33. The summed E-state index contributed by atoms with van der Waals surface area (Å²) in [4.78, 5) is -1.72. The molecule has 0 bridgehead atoms. The predicted octanol–water partition coefficient (Wildman–Crippen LogP) is 5.93. The third-order valence-corrected chi connectivity index (χ3v) is 3.67. The van der Waals surface area contributed by atoms with E-state index in [4.69, 9.17) is 47.8 Å². The summed E-state index contributed by atoms with van der Waals surface area (Å²) in [5.41, 5.74) is 1.50. The average molecular weight is 321 g/mol. The number of rotatable bonds is 3. The molecule has 0 fully saturated rings. The van der Waals surface area contributed by atoms with E-state index in [1.54, 1.807) is 30.3 Å². The van der Waals surface area contributed by atoms with Crippen LogP contribution >= 0.6 is 46.4 Å². The molecule has 0 N–H and O–H groups in total. The largest absolute Gasteiger partial charge is 0.118 e. The van der Waals surface area contributed by atoms with Crippen LogP contribution in [0.4, 0.5) is 0 Å². The van der Waals surface area contributed by atoms with Gasteiger partial charge in [-0.1, -0.05) is 53.5 Å². The van der Waals surface area contributed by atoms with Crippen molar-refractivity contribution in [1.29, 1.82) is 0 Å². The summed E-state index contributed by atoms with van der Waals surface area (Å²) in [5, 5.41) is 1.14. The number of benzene rings is 2. The molecule has 94 valence electrons.